The standard InChI is InChI=1S/C20H18N2O7/c1-28-15-7-5-12(6-8-15)16-10-20(19(26)27,29-22-16)11-17(23)21-14-4-2-3-13(9-14)18(24)25/h2-9H,10-11H2,1H3,(H,21,23)(H,24,25)(H,26,27). The van der Waals surface area contributed by atoms with Gasteiger partial charge in [0.2, 0.25) is 11.5 Å². The number of hydrogen-bond donors (Lipinski definition) is 3. The summed E-state index contributed by atoms with van der Waals surface area (Å²) in [6.07, 6.45) is -0.597. The largest absolute Gasteiger partial charge is 0.497 e. The quantitative estimate of drug-likeness (QED) is 0.652. The van der Waals surface area contributed by atoms with E-state index in [0.717, 1.165) is 0 Å². The number of amides is 1. The molecule has 2 aromatic rings. The van der Waals surface area contributed by atoms with Crippen molar-refractivity contribution >= 4 is 29.2 Å². The van der Waals surface area contributed by atoms with Gasteiger partial charge in [0.05, 0.1) is 24.8 Å². The van der Waals surface area contributed by atoms with Crippen molar-refractivity contribution in [3.05, 3.63) is 59.7 Å². The molecule has 1 atom stereocenters. The topological polar surface area (TPSA) is 135 Å². The van der Waals surface area contributed by atoms with Crippen LogP contribution in [0.5, 0.6) is 5.75 Å². The molecule has 1 aliphatic heterocycles. The highest BCUT2D eigenvalue weighted by atomic mass is 16.7. The number of aliphatic carboxylic acids is 1. The van der Waals surface area contributed by atoms with Gasteiger partial charge in [-0.2, -0.15) is 0 Å². The second kappa shape index (κ2) is 8.01. The highest BCUT2D eigenvalue weighted by Crippen LogP contribution is 2.31. The molecule has 29 heavy (non-hydrogen) atoms. The van der Waals surface area contributed by atoms with Crippen molar-refractivity contribution in [2.75, 3.05) is 12.4 Å². The second-order valence-corrected chi connectivity index (χ2v) is 6.44. The summed E-state index contributed by atoms with van der Waals surface area (Å²) < 4.78 is 5.09. The van der Waals surface area contributed by atoms with Crippen molar-refractivity contribution in [1.82, 2.24) is 0 Å². The molecule has 9 heteroatoms. The molecular weight excluding hydrogens is 380 g/mol. The Morgan fingerprint density at radius 1 is 1.17 bits per heavy atom. The molecular formula is C20H18N2O7. The molecule has 1 unspecified atom stereocenters. The third-order valence-electron chi connectivity index (χ3n) is 4.44. The van der Waals surface area contributed by atoms with Crippen LogP contribution in [0.2, 0.25) is 0 Å². The van der Waals surface area contributed by atoms with Gasteiger partial charge in [-0.3, -0.25) is 4.79 Å². The summed E-state index contributed by atoms with van der Waals surface area (Å²) in [5, 5.41) is 25.1. The van der Waals surface area contributed by atoms with Crippen LogP contribution in [-0.2, 0) is 14.4 Å². The Labute approximate surface area is 165 Å². The highest BCUT2D eigenvalue weighted by Gasteiger charge is 2.49. The molecule has 0 saturated carbocycles. The van der Waals surface area contributed by atoms with Crippen LogP contribution >= 0.6 is 0 Å². The lowest BCUT2D eigenvalue weighted by molar-refractivity contribution is -0.165. The summed E-state index contributed by atoms with van der Waals surface area (Å²) in [5.74, 6) is -2.46. The van der Waals surface area contributed by atoms with Crippen molar-refractivity contribution in [3.63, 3.8) is 0 Å². The molecule has 0 aliphatic carbocycles. The molecule has 1 amide bonds. The van der Waals surface area contributed by atoms with E-state index in [1.165, 1.54) is 31.4 Å². The summed E-state index contributed by atoms with van der Waals surface area (Å²) in [5.41, 5.74) is -0.550. The predicted octanol–water partition coefficient (Wildman–Crippen LogP) is 2.37. The van der Waals surface area contributed by atoms with Crippen LogP contribution in [0.1, 0.15) is 28.8 Å². The summed E-state index contributed by atoms with van der Waals surface area (Å²) in [6.45, 7) is 0. The number of hydrogen-bond acceptors (Lipinski definition) is 6. The number of oxime groups is 1. The number of ether oxygens (including phenoxy) is 1. The molecule has 0 bridgehead atoms. The van der Waals surface area contributed by atoms with Gasteiger partial charge in [-0.1, -0.05) is 11.2 Å². The maximum atomic E-state index is 12.4. The fraction of sp³-hybridized carbons (Fsp3) is 0.200. The molecule has 0 aromatic heterocycles. The number of methoxy groups -OCH3 is 1. The number of carbonyl (C=O) groups excluding carboxylic acids is 1. The van der Waals surface area contributed by atoms with Crippen LogP contribution in [0.3, 0.4) is 0 Å². The number of carboxylic acids is 2. The number of anilines is 1. The van der Waals surface area contributed by atoms with E-state index in [0.29, 0.717) is 17.0 Å². The van der Waals surface area contributed by atoms with E-state index in [4.69, 9.17) is 14.7 Å². The maximum absolute atomic E-state index is 12.4. The van der Waals surface area contributed by atoms with Crippen LogP contribution in [0.15, 0.2) is 53.7 Å². The van der Waals surface area contributed by atoms with Crippen LogP contribution < -0.4 is 10.1 Å². The summed E-state index contributed by atoms with van der Waals surface area (Å²) >= 11 is 0. The molecule has 9 nitrogen and oxygen atoms in total. The molecule has 3 rings (SSSR count). The fourth-order valence-electron chi connectivity index (χ4n) is 2.90. The summed E-state index contributed by atoms with van der Waals surface area (Å²) in [7, 11) is 1.53. The number of rotatable bonds is 7. The molecule has 0 radical (unpaired) electrons. The van der Waals surface area contributed by atoms with E-state index in [1.54, 1.807) is 24.3 Å². The lowest BCUT2D eigenvalue weighted by Gasteiger charge is -2.21. The minimum absolute atomic E-state index is 0.00186. The first-order valence-corrected chi connectivity index (χ1v) is 8.59. The summed E-state index contributed by atoms with van der Waals surface area (Å²) in [4.78, 5) is 40.5. The second-order valence-electron chi connectivity index (χ2n) is 6.44. The smallest absolute Gasteiger partial charge is 0.351 e. The van der Waals surface area contributed by atoms with E-state index in [1.807, 2.05) is 0 Å². The SMILES string of the molecule is COc1ccc(C2=NOC(CC(=O)Nc3cccc(C(=O)O)c3)(C(=O)O)C2)cc1. The number of benzene rings is 2. The molecule has 0 saturated heterocycles. The average Bonchev–Trinajstić information content (AvgIpc) is 3.13. The maximum Gasteiger partial charge on any atom is 0.351 e. The van der Waals surface area contributed by atoms with Gasteiger partial charge in [-0.25, -0.2) is 9.59 Å². The first-order chi connectivity index (χ1) is 13.8. The Morgan fingerprint density at radius 2 is 1.90 bits per heavy atom. The van der Waals surface area contributed by atoms with Crippen molar-refractivity contribution < 1.29 is 34.2 Å². The third-order valence-corrected chi connectivity index (χ3v) is 4.44. The van der Waals surface area contributed by atoms with Crippen molar-refractivity contribution in [2.24, 2.45) is 5.16 Å². The Kier molecular flexibility index (Phi) is 5.49. The number of nitrogens with zero attached hydrogens (tertiary/aromatic N) is 1. The van der Waals surface area contributed by atoms with Crippen molar-refractivity contribution in [3.8, 4) is 5.75 Å². The Morgan fingerprint density at radius 3 is 2.52 bits per heavy atom. The minimum Gasteiger partial charge on any atom is -0.497 e. The van der Waals surface area contributed by atoms with Crippen LogP contribution in [0, 0.1) is 0 Å². The van der Waals surface area contributed by atoms with E-state index >= 15 is 0 Å². The van der Waals surface area contributed by atoms with E-state index in [2.05, 4.69) is 10.5 Å². The first-order valence-electron chi connectivity index (χ1n) is 8.59. The molecule has 0 spiro atoms. The number of carboxylic acid groups (broad SMARTS) is 2. The molecule has 3 N–H and O–H groups in total. The zero-order valence-corrected chi connectivity index (χ0v) is 15.4. The van der Waals surface area contributed by atoms with Crippen LogP contribution in [0.25, 0.3) is 0 Å². The molecule has 0 fully saturated rings. The molecule has 150 valence electrons. The predicted molar refractivity (Wildman–Crippen MR) is 102 cm³/mol. The van der Waals surface area contributed by atoms with Crippen LogP contribution in [0.4, 0.5) is 5.69 Å². The van der Waals surface area contributed by atoms with Gasteiger partial charge in [0.1, 0.15) is 5.75 Å². The Bertz CT molecular complexity index is 985. The normalized spacial score (nSPS) is 17.8. The third kappa shape index (κ3) is 4.34. The van der Waals surface area contributed by atoms with Crippen LogP contribution in [-0.4, -0.2) is 46.5 Å². The van der Waals surface area contributed by atoms with Crippen molar-refractivity contribution in [1.29, 1.82) is 0 Å². The monoisotopic (exact) mass is 398 g/mol. The van der Waals surface area contributed by atoms with Gasteiger partial charge in [0, 0.05) is 12.1 Å². The first kappa shape index (κ1) is 19.9. The fourth-order valence-corrected chi connectivity index (χ4v) is 2.90. The lowest BCUT2D eigenvalue weighted by atomic mass is 9.90. The van der Waals surface area contributed by atoms with E-state index in [9.17, 15) is 19.5 Å². The zero-order valence-electron chi connectivity index (χ0n) is 15.4. The van der Waals surface area contributed by atoms with Gasteiger partial charge in [0.25, 0.3) is 0 Å². The lowest BCUT2D eigenvalue weighted by Crippen LogP contribution is -2.42. The van der Waals surface area contributed by atoms with Gasteiger partial charge in [-0.05, 0) is 48.0 Å². The zero-order chi connectivity index (χ0) is 21.0. The summed E-state index contributed by atoms with van der Waals surface area (Å²) in [6, 6.07) is 12.5. The molecule has 1 aliphatic rings. The number of carbonyl (C=O) groups is 3. The molecule has 2 aromatic carbocycles. The van der Waals surface area contributed by atoms with Gasteiger partial charge < -0.3 is 25.1 Å². The average molecular weight is 398 g/mol. The number of aromatic carboxylic acids is 1. The van der Waals surface area contributed by atoms with E-state index < -0.39 is 29.9 Å². The van der Waals surface area contributed by atoms with Gasteiger partial charge >= 0.3 is 11.9 Å². The number of nitrogens with one attached hydrogen (secondary N) is 1. The van der Waals surface area contributed by atoms with Crippen molar-refractivity contribution in [2.45, 2.75) is 18.4 Å². The minimum atomic E-state index is -1.84. The van der Waals surface area contributed by atoms with E-state index in [-0.39, 0.29) is 17.7 Å². The van der Waals surface area contributed by atoms with Gasteiger partial charge in [-0.15, -0.1) is 0 Å². The Balaban J connectivity index is 1.72. The molecule has 1 heterocycles. The Hall–Kier alpha value is -3.88. The highest BCUT2D eigenvalue weighted by molar-refractivity contribution is 6.06. The van der Waals surface area contributed by atoms with Gasteiger partial charge in [0.15, 0.2) is 0 Å².